The van der Waals surface area contributed by atoms with Gasteiger partial charge in [-0.2, -0.15) is 13.2 Å². The van der Waals surface area contributed by atoms with Crippen molar-refractivity contribution in [2.45, 2.75) is 44.8 Å². The van der Waals surface area contributed by atoms with Crippen LogP contribution in [0.3, 0.4) is 0 Å². The van der Waals surface area contributed by atoms with Crippen LogP contribution in [-0.4, -0.2) is 23.7 Å². The van der Waals surface area contributed by atoms with Crippen LogP contribution in [0.4, 0.5) is 18.9 Å². The Hall–Kier alpha value is -1.69. The number of rotatable bonds is 3. The molecule has 0 aliphatic carbocycles. The summed E-state index contributed by atoms with van der Waals surface area (Å²) in [5.41, 5.74) is 1.61. The summed E-state index contributed by atoms with van der Waals surface area (Å²) in [6, 6.07) is 4.29. The van der Waals surface area contributed by atoms with Crippen molar-refractivity contribution in [2.24, 2.45) is 0 Å². The van der Waals surface area contributed by atoms with Crippen molar-refractivity contribution in [3.63, 3.8) is 0 Å². The molecule has 0 amide bonds. The standard InChI is InChI=1S/C17H18ClF3N2O/c1-3-4-10-9(2)23(8-17(19,20)21)13-6-5-12-16(15(10)13)11(18)7-14(24)22-12/h5-7,9-10H,3-4,8H2,1-2H3,(H,22,24). The van der Waals surface area contributed by atoms with Crippen molar-refractivity contribution in [3.05, 3.63) is 39.1 Å². The lowest BCUT2D eigenvalue weighted by molar-refractivity contribution is -0.120. The van der Waals surface area contributed by atoms with E-state index in [4.69, 9.17) is 11.6 Å². The number of aromatic amines is 1. The van der Waals surface area contributed by atoms with E-state index in [9.17, 15) is 18.0 Å². The Labute approximate surface area is 142 Å². The fraction of sp³-hybridized carbons (Fsp3) is 0.471. The molecule has 2 heterocycles. The highest BCUT2D eigenvalue weighted by molar-refractivity contribution is 6.35. The maximum atomic E-state index is 13.0. The molecule has 1 N–H and O–H groups in total. The Morgan fingerprint density at radius 1 is 1.33 bits per heavy atom. The monoisotopic (exact) mass is 358 g/mol. The molecule has 1 aliphatic rings. The lowest BCUT2D eigenvalue weighted by Gasteiger charge is -2.28. The van der Waals surface area contributed by atoms with Crippen LogP contribution >= 0.6 is 11.6 Å². The zero-order valence-electron chi connectivity index (χ0n) is 13.4. The van der Waals surface area contributed by atoms with Gasteiger partial charge in [0.2, 0.25) is 5.56 Å². The smallest absolute Gasteiger partial charge is 0.359 e. The Morgan fingerprint density at radius 3 is 2.67 bits per heavy atom. The number of pyridine rings is 1. The zero-order chi connectivity index (χ0) is 17.6. The predicted octanol–water partition coefficient (Wildman–Crippen LogP) is 4.84. The molecule has 130 valence electrons. The van der Waals surface area contributed by atoms with Crippen molar-refractivity contribution in [1.29, 1.82) is 0 Å². The number of aromatic nitrogens is 1. The number of benzene rings is 1. The Balaban J connectivity index is 2.25. The molecule has 24 heavy (non-hydrogen) atoms. The Morgan fingerprint density at radius 2 is 2.04 bits per heavy atom. The average Bonchev–Trinajstić information content (AvgIpc) is 2.71. The molecule has 2 aromatic rings. The molecule has 0 saturated heterocycles. The van der Waals surface area contributed by atoms with Crippen LogP contribution in [0, 0.1) is 0 Å². The van der Waals surface area contributed by atoms with Crippen molar-refractivity contribution in [2.75, 3.05) is 11.4 Å². The summed E-state index contributed by atoms with van der Waals surface area (Å²) >= 11 is 6.28. The first kappa shape index (κ1) is 17.1. The molecule has 7 heteroatoms. The number of hydrogen-bond donors (Lipinski definition) is 1. The quantitative estimate of drug-likeness (QED) is 0.852. The van der Waals surface area contributed by atoms with E-state index in [1.807, 2.05) is 13.8 Å². The maximum Gasteiger partial charge on any atom is 0.405 e. The summed E-state index contributed by atoms with van der Waals surface area (Å²) in [6.45, 7) is 2.83. The first-order valence-corrected chi connectivity index (χ1v) is 8.29. The number of alkyl halides is 3. The fourth-order valence-electron chi connectivity index (χ4n) is 3.75. The molecule has 1 aromatic carbocycles. The van der Waals surface area contributed by atoms with Crippen LogP contribution in [0.1, 0.15) is 38.2 Å². The maximum absolute atomic E-state index is 13.0. The first-order valence-electron chi connectivity index (χ1n) is 7.91. The van der Waals surface area contributed by atoms with Gasteiger partial charge >= 0.3 is 6.18 Å². The van der Waals surface area contributed by atoms with Crippen LogP contribution in [0.2, 0.25) is 5.02 Å². The van der Waals surface area contributed by atoms with Crippen molar-refractivity contribution in [3.8, 4) is 0 Å². The average molecular weight is 359 g/mol. The molecular weight excluding hydrogens is 341 g/mol. The van der Waals surface area contributed by atoms with E-state index in [0.29, 0.717) is 16.6 Å². The summed E-state index contributed by atoms with van der Waals surface area (Å²) in [5, 5.41) is 0.941. The van der Waals surface area contributed by atoms with Crippen LogP contribution in [0.25, 0.3) is 10.9 Å². The second-order valence-corrected chi connectivity index (χ2v) is 6.69. The molecule has 3 rings (SSSR count). The van der Waals surface area contributed by atoms with E-state index in [-0.39, 0.29) is 22.5 Å². The minimum atomic E-state index is -4.28. The lowest BCUT2D eigenvalue weighted by Crippen LogP contribution is -2.39. The second kappa shape index (κ2) is 5.99. The van der Waals surface area contributed by atoms with Gasteiger partial charge in [0.05, 0.1) is 10.5 Å². The predicted molar refractivity (Wildman–Crippen MR) is 90.1 cm³/mol. The van der Waals surface area contributed by atoms with Crippen LogP contribution in [0.5, 0.6) is 0 Å². The molecule has 2 unspecified atom stereocenters. The SMILES string of the molecule is CCCC1c2c(ccc3[nH]c(=O)cc(Cl)c23)N(CC(F)(F)F)C1C. The molecule has 3 nitrogen and oxygen atoms in total. The van der Waals surface area contributed by atoms with E-state index < -0.39 is 12.7 Å². The zero-order valence-corrected chi connectivity index (χ0v) is 14.1. The van der Waals surface area contributed by atoms with Gasteiger partial charge in [-0.1, -0.05) is 24.9 Å². The normalized spacial score (nSPS) is 20.7. The molecule has 0 spiro atoms. The number of anilines is 1. The molecule has 0 saturated carbocycles. The molecule has 1 aliphatic heterocycles. The third-order valence-electron chi connectivity index (χ3n) is 4.68. The van der Waals surface area contributed by atoms with E-state index >= 15 is 0 Å². The topological polar surface area (TPSA) is 36.1 Å². The van der Waals surface area contributed by atoms with Gasteiger partial charge < -0.3 is 9.88 Å². The van der Waals surface area contributed by atoms with Gasteiger partial charge in [0.15, 0.2) is 0 Å². The Bertz CT molecular complexity index is 831. The van der Waals surface area contributed by atoms with Gasteiger partial charge in [0.25, 0.3) is 0 Å². The van der Waals surface area contributed by atoms with Crippen molar-refractivity contribution < 1.29 is 13.2 Å². The van der Waals surface area contributed by atoms with Gasteiger partial charge in [0.1, 0.15) is 6.54 Å². The fourth-order valence-corrected chi connectivity index (χ4v) is 4.05. The number of halogens is 4. The molecule has 1 aromatic heterocycles. The summed E-state index contributed by atoms with van der Waals surface area (Å²) in [6.07, 6.45) is -2.67. The third-order valence-corrected chi connectivity index (χ3v) is 4.98. The Kier molecular flexibility index (Phi) is 4.28. The number of nitrogens with zero attached hydrogens (tertiary/aromatic N) is 1. The van der Waals surface area contributed by atoms with E-state index in [0.717, 1.165) is 18.4 Å². The van der Waals surface area contributed by atoms with Crippen LogP contribution in [-0.2, 0) is 0 Å². The first-order chi connectivity index (χ1) is 11.2. The largest absolute Gasteiger partial charge is 0.405 e. The summed E-state index contributed by atoms with van der Waals surface area (Å²) in [5.74, 6) is -0.0561. The molecule has 2 atom stereocenters. The minimum Gasteiger partial charge on any atom is -0.359 e. The number of H-pyrrole nitrogens is 1. The van der Waals surface area contributed by atoms with Gasteiger partial charge in [-0.25, -0.2) is 0 Å². The van der Waals surface area contributed by atoms with Crippen LogP contribution in [0.15, 0.2) is 23.0 Å². The number of nitrogens with one attached hydrogen (secondary N) is 1. The van der Waals surface area contributed by atoms with Gasteiger partial charge in [-0.05, 0) is 31.0 Å². The highest BCUT2D eigenvalue weighted by atomic mass is 35.5. The molecule has 0 fully saturated rings. The van der Waals surface area contributed by atoms with Gasteiger partial charge in [-0.3, -0.25) is 4.79 Å². The minimum absolute atomic E-state index is 0.0561. The lowest BCUT2D eigenvalue weighted by atomic mass is 9.89. The second-order valence-electron chi connectivity index (χ2n) is 6.28. The van der Waals surface area contributed by atoms with Crippen molar-refractivity contribution in [1.82, 2.24) is 4.98 Å². The molecule has 0 bridgehead atoms. The highest BCUT2D eigenvalue weighted by Crippen LogP contribution is 2.48. The van der Waals surface area contributed by atoms with E-state index in [2.05, 4.69) is 4.98 Å². The number of fused-ring (bicyclic) bond motifs is 3. The van der Waals surface area contributed by atoms with Crippen molar-refractivity contribution >= 4 is 28.2 Å². The molecule has 0 radical (unpaired) electrons. The van der Waals surface area contributed by atoms with E-state index in [1.54, 1.807) is 12.1 Å². The summed E-state index contributed by atoms with van der Waals surface area (Å²) in [7, 11) is 0. The highest BCUT2D eigenvalue weighted by Gasteiger charge is 2.42. The van der Waals surface area contributed by atoms with Gasteiger partial charge in [-0.15, -0.1) is 0 Å². The van der Waals surface area contributed by atoms with Crippen LogP contribution < -0.4 is 10.5 Å². The third kappa shape index (κ3) is 2.88. The van der Waals surface area contributed by atoms with E-state index in [1.165, 1.54) is 11.0 Å². The summed E-state index contributed by atoms with van der Waals surface area (Å²) in [4.78, 5) is 15.7. The summed E-state index contributed by atoms with van der Waals surface area (Å²) < 4.78 is 39.1. The molecular formula is C17H18ClF3N2O. The number of hydrogen-bond acceptors (Lipinski definition) is 2. The van der Waals surface area contributed by atoms with Gasteiger partial charge in [0, 0.05) is 29.1 Å².